The van der Waals surface area contributed by atoms with Crippen molar-refractivity contribution in [3.05, 3.63) is 29.8 Å². The van der Waals surface area contributed by atoms with Gasteiger partial charge in [-0.05, 0) is 43.5 Å². The first-order valence-electron chi connectivity index (χ1n) is 7.49. The summed E-state index contributed by atoms with van der Waals surface area (Å²) in [6, 6.07) is 8.01. The van der Waals surface area contributed by atoms with Crippen LogP contribution in [0.5, 0.6) is 5.75 Å². The van der Waals surface area contributed by atoms with Gasteiger partial charge in [-0.3, -0.25) is 0 Å². The van der Waals surface area contributed by atoms with E-state index < -0.39 is 0 Å². The molecule has 20 heavy (non-hydrogen) atoms. The van der Waals surface area contributed by atoms with Crippen LogP contribution in [0.15, 0.2) is 24.3 Å². The number of benzene rings is 1. The molecular weight excluding hydrogens is 252 g/mol. The van der Waals surface area contributed by atoms with Gasteiger partial charge in [-0.15, -0.1) is 0 Å². The van der Waals surface area contributed by atoms with Crippen molar-refractivity contribution in [1.82, 2.24) is 4.90 Å². The predicted molar refractivity (Wildman–Crippen MR) is 80.9 cm³/mol. The third kappa shape index (κ3) is 4.78. The van der Waals surface area contributed by atoms with E-state index >= 15 is 0 Å². The monoisotopic (exact) mass is 278 g/mol. The standard InChI is InChI=1S/C16H26N2O2/c1-19-16-7-3-8-18(13-16)9-4-10-20-15-6-2-5-14(11-15)12-17/h2,5-6,11,16H,3-4,7-10,12-13,17H2,1H3. The highest BCUT2D eigenvalue weighted by atomic mass is 16.5. The van der Waals surface area contributed by atoms with Crippen molar-refractivity contribution in [1.29, 1.82) is 0 Å². The maximum atomic E-state index is 5.78. The van der Waals surface area contributed by atoms with Crippen molar-refractivity contribution in [3.8, 4) is 5.75 Å². The van der Waals surface area contributed by atoms with E-state index in [4.69, 9.17) is 15.2 Å². The number of methoxy groups -OCH3 is 1. The lowest BCUT2D eigenvalue weighted by atomic mass is 10.1. The second-order valence-electron chi connectivity index (χ2n) is 5.35. The zero-order chi connectivity index (χ0) is 14.2. The van der Waals surface area contributed by atoms with Crippen LogP contribution in [0.3, 0.4) is 0 Å². The summed E-state index contributed by atoms with van der Waals surface area (Å²) in [6.07, 6.45) is 3.88. The largest absolute Gasteiger partial charge is 0.494 e. The van der Waals surface area contributed by atoms with Crippen LogP contribution >= 0.6 is 0 Å². The molecule has 1 fully saturated rings. The molecule has 1 aliphatic rings. The highest BCUT2D eigenvalue weighted by molar-refractivity contribution is 5.28. The molecule has 1 aliphatic heterocycles. The smallest absolute Gasteiger partial charge is 0.119 e. The Morgan fingerprint density at radius 1 is 1.40 bits per heavy atom. The molecule has 0 aliphatic carbocycles. The van der Waals surface area contributed by atoms with E-state index in [0.717, 1.165) is 37.4 Å². The van der Waals surface area contributed by atoms with Gasteiger partial charge in [-0.25, -0.2) is 0 Å². The molecular formula is C16H26N2O2. The zero-order valence-corrected chi connectivity index (χ0v) is 12.4. The molecule has 0 radical (unpaired) electrons. The number of nitrogens with zero attached hydrogens (tertiary/aromatic N) is 1. The van der Waals surface area contributed by atoms with Crippen molar-refractivity contribution in [2.45, 2.75) is 31.9 Å². The van der Waals surface area contributed by atoms with Crippen LogP contribution in [-0.2, 0) is 11.3 Å². The SMILES string of the molecule is COC1CCCN(CCCOc2cccc(CN)c2)C1. The molecule has 0 spiro atoms. The molecule has 1 aromatic carbocycles. The number of likely N-dealkylation sites (tertiary alicyclic amines) is 1. The lowest BCUT2D eigenvalue weighted by Gasteiger charge is -2.31. The second kappa shape index (κ2) is 8.25. The second-order valence-corrected chi connectivity index (χ2v) is 5.35. The van der Waals surface area contributed by atoms with Gasteiger partial charge in [-0.2, -0.15) is 0 Å². The summed E-state index contributed by atoms with van der Waals surface area (Å²) in [6.45, 7) is 4.63. The van der Waals surface area contributed by atoms with Crippen LogP contribution in [-0.4, -0.2) is 44.4 Å². The van der Waals surface area contributed by atoms with Gasteiger partial charge in [0.25, 0.3) is 0 Å². The third-order valence-corrected chi connectivity index (χ3v) is 3.82. The van der Waals surface area contributed by atoms with E-state index in [0.29, 0.717) is 12.6 Å². The number of ether oxygens (including phenoxy) is 2. The van der Waals surface area contributed by atoms with E-state index in [-0.39, 0.29) is 0 Å². The summed E-state index contributed by atoms with van der Waals surface area (Å²) in [5.41, 5.74) is 6.74. The Morgan fingerprint density at radius 3 is 3.10 bits per heavy atom. The van der Waals surface area contributed by atoms with Crippen LogP contribution in [0.2, 0.25) is 0 Å². The predicted octanol–water partition coefficient (Wildman–Crippen LogP) is 2.02. The first kappa shape index (κ1) is 15.3. The van der Waals surface area contributed by atoms with Gasteiger partial charge in [0.05, 0.1) is 12.7 Å². The van der Waals surface area contributed by atoms with Crippen molar-refractivity contribution in [2.75, 3.05) is 33.4 Å². The molecule has 0 amide bonds. The fourth-order valence-corrected chi connectivity index (χ4v) is 2.65. The van der Waals surface area contributed by atoms with Crippen molar-refractivity contribution in [2.24, 2.45) is 5.73 Å². The van der Waals surface area contributed by atoms with E-state index in [1.807, 2.05) is 31.4 Å². The number of rotatable bonds is 7. The van der Waals surface area contributed by atoms with Crippen LogP contribution in [0, 0.1) is 0 Å². The van der Waals surface area contributed by atoms with E-state index in [9.17, 15) is 0 Å². The molecule has 1 atom stereocenters. The van der Waals surface area contributed by atoms with Crippen LogP contribution in [0.1, 0.15) is 24.8 Å². The summed E-state index contributed by atoms with van der Waals surface area (Å²) in [4.78, 5) is 2.47. The summed E-state index contributed by atoms with van der Waals surface area (Å²) >= 11 is 0. The summed E-state index contributed by atoms with van der Waals surface area (Å²) < 4.78 is 11.2. The number of hydrogen-bond donors (Lipinski definition) is 1. The highest BCUT2D eigenvalue weighted by Crippen LogP contribution is 2.14. The minimum atomic E-state index is 0.408. The number of nitrogens with two attached hydrogens (primary N) is 1. The minimum Gasteiger partial charge on any atom is -0.494 e. The van der Waals surface area contributed by atoms with E-state index in [1.54, 1.807) is 0 Å². The molecule has 2 N–H and O–H groups in total. The van der Waals surface area contributed by atoms with Gasteiger partial charge in [0.15, 0.2) is 0 Å². The van der Waals surface area contributed by atoms with Crippen molar-refractivity contribution < 1.29 is 9.47 Å². The van der Waals surface area contributed by atoms with Crippen LogP contribution < -0.4 is 10.5 Å². The highest BCUT2D eigenvalue weighted by Gasteiger charge is 2.18. The van der Waals surface area contributed by atoms with E-state index in [2.05, 4.69) is 4.90 Å². The topological polar surface area (TPSA) is 47.7 Å². The van der Waals surface area contributed by atoms with Gasteiger partial charge < -0.3 is 20.1 Å². The average molecular weight is 278 g/mol. The molecule has 4 nitrogen and oxygen atoms in total. The summed E-state index contributed by atoms with van der Waals surface area (Å²) in [5, 5.41) is 0. The molecule has 112 valence electrons. The molecule has 0 aromatic heterocycles. The molecule has 1 aromatic rings. The summed E-state index contributed by atoms with van der Waals surface area (Å²) in [5.74, 6) is 0.918. The van der Waals surface area contributed by atoms with Crippen molar-refractivity contribution in [3.63, 3.8) is 0 Å². The number of piperidine rings is 1. The molecule has 2 rings (SSSR count). The Kier molecular flexibility index (Phi) is 6.30. The maximum Gasteiger partial charge on any atom is 0.119 e. The van der Waals surface area contributed by atoms with Crippen molar-refractivity contribution >= 4 is 0 Å². The molecule has 1 heterocycles. The molecule has 0 bridgehead atoms. The van der Waals surface area contributed by atoms with Gasteiger partial charge in [0.1, 0.15) is 5.75 Å². The van der Waals surface area contributed by atoms with Gasteiger partial charge in [0, 0.05) is 26.7 Å². The molecule has 0 saturated carbocycles. The third-order valence-electron chi connectivity index (χ3n) is 3.82. The maximum absolute atomic E-state index is 5.78. The van der Waals surface area contributed by atoms with Crippen LogP contribution in [0.25, 0.3) is 0 Å². The Morgan fingerprint density at radius 2 is 2.30 bits per heavy atom. The lowest BCUT2D eigenvalue weighted by molar-refractivity contribution is 0.0299. The normalized spacial score (nSPS) is 20.0. The first-order valence-corrected chi connectivity index (χ1v) is 7.49. The van der Waals surface area contributed by atoms with E-state index in [1.165, 1.54) is 19.4 Å². The Hall–Kier alpha value is -1.10. The average Bonchev–Trinajstić information content (AvgIpc) is 2.52. The quantitative estimate of drug-likeness (QED) is 0.775. The molecule has 4 heteroatoms. The van der Waals surface area contributed by atoms with Gasteiger partial charge >= 0.3 is 0 Å². The summed E-state index contributed by atoms with van der Waals surface area (Å²) in [7, 11) is 1.81. The first-order chi connectivity index (χ1) is 9.81. The fourth-order valence-electron chi connectivity index (χ4n) is 2.65. The van der Waals surface area contributed by atoms with Gasteiger partial charge in [-0.1, -0.05) is 12.1 Å². The number of hydrogen-bond acceptors (Lipinski definition) is 4. The van der Waals surface area contributed by atoms with Crippen LogP contribution in [0.4, 0.5) is 0 Å². The Labute approximate surface area is 121 Å². The molecule has 1 saturated heterocycles. The zero-order valence-electron chi connectivity index (χ0n) is 12.4. The Bertz CT molecular complexity index is 398. The Balaban J connectivity index is 1.65. The van der Waals surface area contributed by atoms with Gasteiger partial charge in [0.2, 0.25) is 0 Å². The molecule has 1 unspecified atom stereocenters. The lowest BCUT2D eigenvalue weighted by Crippen LogP contribution is -2.40. The fraction of sp³-hybridized carbons (Fsp3) is 0.625. The minimum absolute atomic E-state index is 0.408.